The zero-order valence-electron chi connectivity index (χ0n) is 17.2. The summed E-state index contributed by atoms with van der Waals surface area (Å²) in [6.07, 6.45) is 1.77. The second-order valence-electron chi connectivity index (χ2n) is 6.42. The Bertz CT molecular complexity index is 1080. The molecule has 0 atom stereocenters. The van der Waals surface area contributed by atoms with Crippen LogP contribution in [0.4, 0.5) is 5.69 Å². The molecule has 0 spiro atoms. The van der Waals surface area contributed by atoms with Crippen LogP contribution in [0.5, 0.6) is 11.5 Å². The van der Waals surface area contributed by atoms with Crippen LogP contribution in [0.3, 0.4) is 0 Å². The number of halogens is 1. The molecule has 9 heteroatoms. The summed E-state index contributed by atoms with van der Waals surface area (Å²) in [7, 11) is 1.63. The molecule has 1 fully saturated rings. The van der Waals surface area contributed by atoms with Crippen molar-refractivity contribution >= 4 is 56.5 Å². The average Bonchev–Trinajstić information content (AvgIpc) is 2.99. The molecule has 0 saturated carbocycles. The van der Waals surface area contributed by atoms with E-state index in [1.165, 1.54) is 28.8 Å². The van der Waals surface area contributed by atoms with Crippen LogP contribution in [0.2, 0.25) is 0 Å². The summed E-state index contributed by atoms with van der Waals surface area (Å²) in [4.78, 5) is 30.3. The number of ether oxygens (including phenoxy) is 2. The van der Waals surface area contributed by atoms with Gasteiger partial charge in [-0.25, -0.2) is 9.79 Å². The number of benzene rings is 2. The molecule has 1 saturated heterocycles. The minimum Gasteiger partial charge on any atom is -0.490 e. The standard InChI is InChI=1S/C22H21BrN2O5S/c1-4-29-17-10-13(9-16(23)19(17)30-5-2)11-18-20(26)25(3)22(31-18)24-15-8-6-7-14(12-15)21(27)28/h6-12H,4-5H2,1-3H3,(H,27,28)/b18-11-,24-22?. The van der Waals surface area contributed by atoms with Gasteiger partial charge in [-0.15, -0.1) is 0 Å². The van der Waals surface area contributed by atoms with E-state index >= 15 is 0 Å². The van der Waals surface area contributed by atoms with E-state index < -0.39 is 5.97 Å². The van der Waals surface area contributed by atoms with Gasteiger partial charge in [-0.3, -0.25) is 9.69 Å². The molecule has 7 nitrogen and oxygen atoms in total. The first kappa shape index (κ1) is 22.9. The van der Waals surface area contributed by atoms with Gasteiger partial charge in [0, 0.05) is 7.05 Å². The maximum Gasteiger partial charge on any atom is 0.335 e. The van der Waals surface area contributed by atoms with Gasteiger partial charge in [0.15, 0.2) is 16.7 Å². The van der Waals surface area contributed by atoms with E-state index in [0.717, 1.165) is 10.0 Å². The summed E-state index contributed by atoms with van der Waals surface area (Å²) in [6.45, 7) is 4.77. The van der Waals surface area contributed by atoms with E-state index in [2.05, 4.69) is 20.9 Å². The molecular formula is C22H21BrN2O5S. The number of hydrogen-bond donors (Lipinski definition) is 1. The molecule has 1 N–H and O–H groups in total. The smallest absolute Gasteiger partial charge is 0.335 e. The summed E-state index contributed by atoms with van der Waals surface area (Å²) in [5, 5.41) is 9.62. The lowest BCUT2D eigenvalue weighted by atomic mass is 10.2. The molecule has 162 valence electrons. The van der Waals surface area contributed by atoms with Crippen LogP contribution in [0.1, 0.15) is 29.8 Å². The van der Waals surface area contributed by atoms with Gasteiger partial charge in [-0.05, 0) is 83.5 Å². The van der Waals surface area contributed by atoms with Gasteiger partial charge in [-0.1, -0.05) is 6.07 Å². The predicted octanol–water partition coefficient (Wildman–Crippen LogP) is 5.18. The highest BCUT2D eigenvalue weighted by Gasteiger charge is 2.30. The molecule has 1 aliphatic heterocycles. The lowest BCUT2D eigenvalue weighted by Gasteiger charge is -2.13. The van der Waals surface area contributed by atoms with Crippen LogP contribution in [-0.4, -0.2) is 47.3 Å². The Labute approximate surface area is 192 Å². The van der Waals surface area contributed by atoms with Crippen molar-refractivity contribution in [3.8, 4) is 11.5 Å². The Kier molecular flexibility index (Phi) is 7.40. The molecule has 0 aromatic heterocycles. The van der Waals surface area contributed by atoms with Crippen molar-refractivity contribution in [3.63, 3.8) is 0 Å². The van der Waals surface area contributed by atoms with Crippen LogP contribution in [0, 0.1) is 0 Å². The van der Waals surface area contributed by atoms with Crippen molar-refractivity contribution in [1.82, 2.24) is 4.90 Å². The number of carboxylic acids is 1. The molecule has 0 radical (unpaired) electrons. The lowest BCUT2D eigenvalue weighted by Crippen LogP contribution is -2.23. The number of aromatic carboxylic acids is 1. The van der Waals surface area contributed by atoms with Gasteiger partial charge in [0.1, 0.15) is 0 Å². The van der Waals surface area contributed by atoms with E-state index in [1.807, 2.05) is 26.0 Å². The quantitative estimate of drug-likeness (QED) is 0.522. The minimum absolute atomic E-state index is 0.136. The van der Waals surface area contributed by atoms with Gasteiger partial charge in [0.05, 0.1) is 33.8 Å². The Morgan fingerprint density at radius 3 is 2.65 bits per heavy atom. The van der Waals surface area contributed by atoms with Crippen LogP contribution < -0.4 is 9.47 Å². The number of amidine groups is 1. The van der Waals surface area contributed by atoms with E-state index in [4.69, 9.17) is 14.6 Å². The number of carboxylic acid groups (broad SMARTS) is 1. The molecule has 0 unspecified atom stereocenters. The van der Waals surface area contributed by atoms with Crippen LogP contribution >= 0.6 is 27.7 Å². The molecular weight excluding hydrogens is 484 g/mol. The first-order chi connectivity index (χ1) is 14.8. The molecule has 1 amide bonds. The minimum atomic E-state index is -1.03. The highest BCUT2D eigenvalue weighted by molar-refractivity contribution is 9.10. The lowest BCUT2D eigenvalue weighted by molar-refractivity contribution is -0.121. The topological polar surface area (TPSA) is 88.4 Å². The Hall–Kier alpha value is -2.78. The molecule has 3 rings (SSSR count). The third kappa shape index (κ3) is 5.29. The fourth-order valence-electron chi connectivity index (χ4n) is 2.84. The SMILES string of the molecule is CCOc1cc(/C=C2\SC(=Nc3cccc(C(=O)O)c3)N(C)C2=O)cc(Br)c1OCC. The molecule has 0 aliphatic carbocycles. The van der Waals surface area contributed by atoms with Crippen molar-refractivity contribution < 1.29 is 24.2 Å². The van der Waals surface area contributed by atoms with Crippen molar-refractivity contribution in [1.29, 1.82) is 0 Å². The zero-order chi connectivity index (χ0) is 22.5. The van der Waals surface area contributed by atoms with Gasteiger partial charge in [0.25, 0.3) is 5.91 Å². The average molecular weight is 505 g/mol. The third-order valence-corrected chi connectivity index (χ3v) is 5.89. The Morgan fingerprint density at radius 2 is 1.97 bits per heavy atom. The van der Waals surface area contributed by atoms with Crippen molar-refractivity contribution in [3.05, 3.63) is 56.9 Å². The molecule has 1 heterocycles. The fourth-order valence-corrected chi connectivity index (χ4v) is 4.40. The predicted molar refractivity (Wildman–Crippen MR) is 125 cm³/mol. The molecule has 2 aromatic carbocycles. The maximum atomic E-state index is 12.7. The second kappa shape index (κ2) is 10.0. The van der Waals surface area contributed by atoms with Crippen molar-refractivity contribution in [2.75, 3.05) is 20.3 Å². The number of rotatable bonds is 7. The number of carbonyl (C=O) groups excluding carboxylic acids is 1. The van der Waals surface area contributed by atoms with Crippen LogP contribution in [0.25, 0.3) is 6.08 Å². The van der Waals surface area contributed by atoms with Crippen LogP contribution in [0.15, 0.2) is 50.8 Å². The van der Waals surface area contributed by atoms with Gasteiger partial charge in [-0.2, -0.15) is 0 Å². The van der Waals surface area contributed by atoms with Gasteiger partial charge < -0.3 is 14.6 Å². The summed E-state index contributed by atoms with van der Waals surface area (Å²) >= 11 is 4.73. The summed E-state index contributed by atoms with van der Waals surface area (Å²) < 4.78 is 12.1. The van der Waals surface area contributed by atoms with Crippen LogP contribution in [-0.2, 0) is 4.79 Å². The first-order valence-electron chi connectivity index (χ1n) is 9.52. The third-order valence-electron chi connectivity index (χ3n) is 4.24. The maximum absolute atomic E-state index is 12.7. The molecule has 0 bridgehead atoms. The number of carbonyl (C=O) groups is 2. The molecule has 31 heavy (non-hydrogen) atoms. The Morgan fingerprint density at radius 1 is 1.23 bits per heavy atom. The number of thioether (sulfide) groups is 1. The fraction of sp³-hybridized carbons (Fsp3) is 0.227. The molecule has 2 aromatic rings. The zero-order valence-corrected chi connectivity index (χ0v) is 19.6. The number of hydrogen-bond acceptors (Lipinski definition) is 6. The number of nitrogens with zero attached hydrogens (tertiary/aromatic N) is 2. The first-order valence-corrected chi connectivity index (χ1v) is 11.1. The number of aliphatic imine (C=N–C) groups is 1. The highest BCUT2D eigenvalue weighted by atomic mass is 79.9. The monoisotopic (exact) mass is 504 g/mol. The largest absolute Gasteiger partial charge is 0.490 e. The summed E-state index contributed by atoms with van der Waals surface area (Å²) in [5.41, 5.74) is 1.38. The highest BCUT2D eigenvalue weighted by Crippen LogP contribution is 2.39. The van der Waals surface area contributed by atoms with Gasteiger partial charge in [0.2, 0.25) is 0 Å². The van der Waals surface area contributed by atoms with E-state index in [0.29, 0.717) is 40.5 Å². The van der Waals surface area contributed by atoms with Crippen molar-refractivity contribution in [2.45, 2.75) is 13.8 Å². The normalized spacial score (nSPS) is 16.3. The van der Waals surface area contributed by atoms with E-state index in [9.17, 15) is 9.59 Å². The van der Waals surface area contributed by atoms with Gasteiger partial charge >= 0.3 is 5.97 Å². The van der Waals surface area contributed by atoms with Crippen molar-refractivity contribution in [2.24, 2.45) is 4.99 Å². The molecule has 1 aliphatic rings. The van der Waals surface area contributed by atoms with E-state index in [-0.39, 0.29) is 11.5 Å². The second-order valence-corrected chi connectivity index (χ2v) is 8.28. The van der Waals surface area contributed by atoms with E-state index in [1.54, 1.807) is 25.3 Å². The summed E-state index contributed by atoms with van der Waals surface area (Å²) in [5.74, 6) is -0.0123. The number of likely N-dealkylation sites (N-methyl/N-ethyl adjacent to an activating group) is 1. The summed E-state index contributed by atoms with van der Waals surface area (Å²) in [6, 6.07) is 9.96. The Balaban J connectivity index is 1.93. The number of amides is 1.